The molecule has 0 aromatic heterocycles. The molecule has 2 atom stereocenters. The van der Waals surface area contributed by atoms with E-state index in [2.05, 4.69) is 25.8 Å². The molecule has 0 aliphatic carbocycles. The van der Waals surface area contributed by atoms with Crippen molar-refractivity contribution in [1.29, 1.82) is 0 Å². The minimum absolute atomic E-state index is 0.110. The second-order valence-corrected chi connectivity index (χ2v) is 6.08. The molecule has 0 spiro atoms. The Labute approximate surface area is 112 Å². The third kappa shape index (κ3) is 5.22. The molecule has 0 radical (unpaired) electrons. The van der Waals surface area contributed by atoms with Gasteiger partial charge in [0.1, 0.15) is 0 Å². The number of nitrogens with zero attached hydrogens (tertiary/aromatic N) is 1. The van der Waals surface area contributed by atoms with Crippen molar-refractivity contribution in [3.63, 3.8) is 0 Å². The zero-order valence-corrected chi connectivity index (χ0v) is 12.4. The van der Waals surface area contributed by atoms with Crippen LogP contribution in [0.3, 0.4) is 0 Å². The van der Waals surface area contributed by atoms with Gasteiger partial charge in [-0.2, -0.15) is 0 Å². The van der Waals surface area contributed by atoms with E-state index < -0.39 is 0 Å². The highest BCUT2D eigenvalue weighted by Crippen LogP contribution is 2.20. The van der Waals surface area contributed by atoms with Crippen LogP contribution in [0.1, 0.15) is 33.1 Å². The molecule has 1 saturated heterocycles. The average Bonchev–Trinajstić information content (AvgIpc) is 2.37. The molecule has 0 aromatic carbocycles. The summed E-state index contributed by atoms with van der Waals surface area (Å²) >= 11 is 0. The first-order chi connectivity index (χ1) is 8.48. The number of nitrogens with two attached hydrogens (primary N) is 1. The summed E-state index contributed by atoms with van der Waals surface area (Å²) in [6.45, 7) is 7.81. The molecule has 4 nitrogen and oxygen atoms in total. The normalized spacial score (nSPS) is 23.3. The Bertz CT molecular complexity index is 228. The first-order valence-electron chi connectivity index (χ1n) is 7.01. The predicted octanol–water partition coefficient (Wildman–Crippen LogP) is 1.49. The van der Waals surface area contributed by atoms with Crippen LogP contribution in [0, 0.1) is 5.92 Å². The Morgan fingerprint density at radius 2 is 2.22 bits per heavy atom. The predicted molar refractivity (Wildman–Crippen MR) is 74.7 cm³/mol. The lowest BCUT2D eigenvalue weighted by molar-refractivity contribution is -0.0120. The molecule has 0 aromatic rings. The van der Waals surface area contributed by atoms with Crippen molar-refractivity contribution in [3.8, 4) is 0 Å². The highest BCUT2D eigenvalue weighted by molar-refractivity contribution is 4.81. The van der Waals surface area contributed by atoms with Crippen molar-refractivity contribution in [2.24, 2.45) is 11.7 Å². The van der Waals surface area contributed by atoms with Crippen LogP contribution in [0.5, 0.6) is 0 Å². The van der Waals surface area contributed by atoms with Gasteiger partial charge >= 0.3 is 0 Å². The van der Waals surface area contributed by atoms with E-state index >= 15 is 0 Å². The van der Waals surface area contributed by atoms with Crippen LogP contribution in [-0.4, -0.2) is 57.0 Å². The van der Waals surface area contributed by atoms with Gasteiger partial charge in [-0.15, -0.1) is 0 Å². The maximum atomic E-state index is 5.91. The van der Waals surface area contributed by atoms with E-state index in [1.807, 2.05) is 0 Å². The molecule has 1 rings (SSSR count). The molecule has 0 saturated carbocycles. The molecule has 1 fully saturated rings. The van der Waals surface area contributed by atoms with Crippen LogP contribution in [0.25, 0.3) is 0 Å². The maximum Gasteiger partial charge on any atom is 0.0638 e. The first-order valence-corrected chi connectivity index (χ1v) is 7.01. The number of methoxy groups -OCH3 is 1. The van der Waals surface area contributed by atoms with Crippen molar-refractivity contribution in [3.05, 3.63) is 0 Å². The minimum Gasteiger partial charge on any atom is -0.381 e. The standard InChI is InChI=1S/C14H30N2O2/c1-14(2,17-4)8-13(9-15)16(3)10-12-6-5-7-18-11-12/h12-13H,5-11,15H2,1-4H3. The molecule has 2 N–H and O–H groups in total. The zero-order chi connectivity index (χ0) is 13.6. The summed E-state index contributed by atoms with van der Waals surface area (Å²) < 4.78 is 11.0. The third-order valence-electron chi connectivity index (χ3n) is 3.98. The summed E-state index contributed by atoms with van der Waals surface area (Å²) in [6, 6.07) is 0.377. The Morgan fingerprint density at radius 1 is 1.50 bits per heavy atom. The van der Waals surface area contributed by atoms with Crippen LogP contribution in [0.15, 0.2) is 0 Å². The Morgan fingerprint density at radius 3 is 2.72 bits per heavy atom. The number of hydrogen-bond acceptors (Lipinski definition) is 4. The highest BCUT2D eigenvalue weighted by Gasteiger charge is 2.26. The molecule has 1 aliphatic heterocycles. The van der Waals surface area contributed by atoms with Crippen molar-refractivity contribution in [2.45, 2.75) is 44.8 Å². The van der Waals surface area contributed by atoms with E-state index in [0.29, 0.717) is 18.5 Å². The topological polar surface area (TPSA) is 47.7 Å². The van der Waals surface area contributed by atoms with Gasteiger partial charge in [-0.3, -0.25) is 0 Å². The van der Waals surface area contributed by atoms with Crippen molar-refractivity contribution < 1.29 is 9.47 Å². The van der Waals surface area contributed by atoms with E-state index in [4.69, 9.17) is 15.2 Å². The molecule has 0 bridgehead atoms. The lowest BCUT2D eigenvalue weighted by Gasteiger charge is -2.36. The summed E-state index contributed by atoms with van der Waals surface area (Å²) in [5.74, 6) is 0.656. The molecule has 18 heavy (non-hydrogen) atoms. The van der Waals surface area contributed by atoms with Gasteiger partial charge in [-0.1, -0.05) is 0 Å². The fraction of sp³-hybridized carbons (Fsp3) is 1.00. The number of hydrogen-bond donors (Lipinski definition) is 1. The summed E-state index contributed by atoms with van der Waals surface area (Å²) in [7, 11) is 3.93. The number of ether oxygens (including phenoxy) is 2. The second kappa shape index (κ2) is 7.43. The van der Waals surface area contributed by atoms with E-state index in [-0.39, 0.29) is 5.60 Å². The summed E-state index contributed by atoms with van der Waals surface area (Å²) in [5.41, 5.74) is 5.80. The van der Waals surface area contributed by atoms with Crippen LogP contribution >= 0.6 is 0 Å². The average molecular weight is 258 g/mol. The van der Waals surface area contributed by atoms with Crippen molar-refractivity contribution in [2.75, 3.05) is 40.5 Å². The highest BCUT2D eigenvalue weighted by atomic mass is 16.5. The van der Waals surface area contributed by atoms with Gasteiger partial charge in [0.05, 0.1) is 12.2 Å². The summed E-state index contributed by atoms with van der Waals surface area (Å²) in [4.78, 5) is 2.38. The third-order valence-corrected chi connectivity index (χ3v) is 3.98. The second-order valence-electron chi connectivity index (χ2n) is 6.08. The van der Waals surface area contributed by atoms with Crippen molar-refractivity contribution >= 4 is 0 Å². The quantitative estimate of drug-likeness (QED) is 0.751. The lowest BCUT2D eigenvalue weighted by Crippen LogP contribution is -2.46. The van der Waals surface area contributed by atoms with E-state index in [0.717, 1.165) is 26.2 Å². The van der Waals surface area contributed by atoms with Crippen molar-refractivity contribution in [1.82, 2.24) is 4.90 Å². The van der Waals surface area contributed by atoms with Gasteiger partial charge in [0, 0.05) is 32.8 Å². The van der Waals surface area contributed by atoms with E-state index in [1.54, 1.807) is 7.11 Å². The van der Waals surface area contributed by atoms with Gasteiger partial charge in [0.25, 0.3) is 0 Å². The van der Waals surface area contributed by atoms with Crippen LogP contribution in [0.2, 0.25) is 0 Å². The molecular weight excluding hydrogens is 228 g/mol. The fourth-order valence-corrected chi connectivity index (χ4v) is 2.58. The smallest absolute Gasteiger partial charge is 0.0638 e. The van der Waals surface area contributed by atoms with Gasteiger partial charge in [0.15, 0.2) is 0 Å². The molecular formula is C14H30N2O2. The Hall–Kier alpha value is -0.160. The molecule has 1 heterocycles. The molecule has 108 valence electrons. The Balaban J connectivity index is 2.42. The molecule has 2 unspecified atom stereocenters. The van der Waals surface area contributed by atoms with E-state index in [9.17, 15) is 0 Å². The SMILES string of the molecule is COC(C)(C)CC(CN)N(C)CC1CCCOC1. The Kier molecular flexibility index (Phi) is 6.57. The monoisotopic (exact) mass is 258 g/mol. The van der Waals surface area contributed by atoms with Crippen LogP contribution in [0.4, 0.5) is 0 Å². The largest absolute Gasteiger partial charge is 0.381 e. The molecule has 4 heteroatoms. The van der Waals surface area contributed by atoms with Crippen LogP contribution < -0.4 is 5.73 Å². The zero-order valence-electron chi connectivity index (χ0n) is 12.4. The molecule has 1 aliphatic rings. The van der Waals surface area contributed by atoms with Gasteiger partial charge in [-0.25, -0.2) is 0 Å². The minimum atomic E-state index is -0.110. The lowest BCUT2D eigenvalue weighted by atomic mass is 9.96. The maximum absolute atomic E-state index is 5.91. The number of likely N-dealkylation sites (N-methyl/N-ethyl adjacent to an activating group) is 1. The van der Waals surface area contributed by atoms with Crippen LogP contribution in [-0.2, 0) is 9.47 Å². The van der Waals surface area contributed by atoms with Gasteiger partial charge in [0.2, 0.25) is 0 Å². The van der Waals surface area contributed by atoms with Gasteiger partial charge < -0.3 is 20.1 Å². The summed E-state index contributed by atoms with van der Waals surface area (Å²) in [6.07, 6.45) is 3.43. The summed E-state index contributed by atoms with van der Waals surface area (Å²) in [5, 5.41) is 0. The fourth-order valence-electron chi connectivity index (χ4n) is 2.58. The number of rotatable bonds is 7. The van der Waals surface area contributed by atoms with Gasteiger partial charge in [-0.05, 0) is 46.1 Å². The molecule has 0 amide bonds. The first kappa shape index (κ1) is 15.9. The van der Waals surface area contributed by atoms with E-state index in [1.165, 1.54) is 12.8 Å².